The van der Waals surface area contributed by atoms with Crippen LogP contribution in [0.15, 0.2) is 70.5 Å². The summed E-state index contributed by atoms with van der Waals surface area (Å²) < 4.78 is 2.47. The Morgan fingerprint density at radius 1 is 0.710 bits per heavy atom. The molecule has 6 nitrogen and oxygen atoms in total. The molecule has 11 heteroatoms. The van der Waals surface area contributed by atoms with E-state index in [0.29, 0.717) is 13.1 Å². The molecule has 0 aliphatic carbocycles. The second-order valence-electron chi connectivity index (χ2n) is 5.68. The second kappa shape index (κ2) is 18.5. The third kappa shape index (κ3) is 13.8. The minimum atomic E-state index is -1.13. The molecule has 2 amide bonds. The second-order valence-corrected chi connectivity index (χ2v) is 10.0. The van der Waals surface area contributed by atoms with Gasteiger partial charge in [-0.15, -0.1) is 0 Å². The SMILES string of the molecule is CCCN(SSc1ccccc1)C(=O)[O-].CCCN(SSc1ccccc1)C(=O)[O-].[Cu+2]. The Morgan fingerprint density at radius 2 is 1.03 bits per heavy atom. The van der Waals surface area contributed by atoms with Crippen LogP contribution in [-0.2, 0) is 17.1 Å². The molecule has 0 aliphatic rings. The molecule has 0 unspecified atom stereocenters. The van der Waals surface area contributed by atoms with Gasteiger partial charge in [0.15, 0.2) is 0 Å². The van der Waals surface area contributed by atoms with Crippen molar-refractivity contribution in [1.29, 1.82) is 0 Å². The van der Waals surface area contributed by atoms with E-state index in [0.717, 1.165) is 22.6 Å². The number of benzene rings is 2. The van der Waals surface area contributed by atoms with E-state index in [2.05, 4.69) is 0 Å². The van der Waals surface area contributed by atoms with Gasteiger partial charge in [0.25, 0.3) is 0 Å². The van der Waals surface area contributed by atoms with Crippen molar-refractivity contribution < 1.29 is 36.9 Å². The van der Waals surface area contributed by atoms with Crippen LogP contribution in [0, 0.1) is 0 Å². The molecule has 0 spiro atoms. The van der Waals surface area contributed by atoms with Gasteiger partial charge >= 0.3 is 17.1 Å². The quantitative estimate of drug-likeness (QED) is 0.238. The minimum Gasteiger partial charge on any atom is -0.529 e. The maximum atomic E-state index is 10.7. The number of carboxylic acid groups (broad SMARTS) is 2. The zero-order chi connectivity index (χ0) is 22.2. The van der Waals surface area contributed by atoms with Crippen LogP contribution in [0.25, 0.3) is 0 Å². The van der Waals surface area contributed by atoms with Crippen LogP contribution in [0.5, 0.6) is 0 Å². The average Bonchev–Trinajstić information content (AvgIpc) is 2.75. The molecule has 173 valence electrons. The van der Waals surface area contributed by atoms with E-state index in [1.807, 2.05) is 74.5 Å². The molecule has 0 fully saturated rings. The number of amides is 2. The van der Waals surface area contributed by atoms with Crippen molar-refractivity contribution in [3.05, 3.63) is 60.7 Å². The Hall–Kier alpha value is -1.10. The van der Waals surface area contributed by atoms with E-state index in [1.54, 1.807) is 0 Å². The number of carbonyl (C=O) groups excluding carboxylic acids is 2. The van der Waals surface area contributed by atoms with Crippen molar-refractivity contribution >= 4 is 55.7 Å². The van der Waals surface area contributed by atoms with E-state index in [1.165, 1.54) is 52.2 Å². The number of rotatable bonds is 10. The molecule has 2 aromatic rings. The van der Waals surface area contributed by atoms with Crippen molar-refractivity contribution in [3.63, 3.8) is 0 Å². The summed E-state index contributed by atoms with van der Waals surface area (Å²) in [6, 6.07) is 19.3. The molecule has 2 rings (SSSR count). The molecule has 0 bridgehead atoms. The Bertz CT molecular complexity index is 681. The summed E-state index contributed by atoms with van der Waals surface area (Å²) in [6.07, 6.45) is -0.692. The Morgan fingerprint density at radius 3 is 1.29 bits per heavy atom. The molecule has 0 atom stereocenters. The molecule has 2 aromatic carbocycles. The first-order valence-corrected chi connectivity index (χ1v) is 13.5. The van der Waals surface area contributed by atoms with Crippen molar-refractivity contribution in [3.8, 4) is 0 Å². The molecule has 31 heavy (non-hydrogen) atoms. The van der Waals surface area contributed by atoms with Gasteiger partial charge < -0.3 is 19.8 Å². The fraction of sp³-hybridized carbons (Fsp3) is 0.300. The molecular formula is C20H24CuN2O4S4. The maximum absolute atomic E-state index is 10.7. The largest absolute Gasteiger partial charge is 2.00 e. The van der Waals surface area contributed by atoms with Crippen molar-refractivity contribution in [2.24, 2.45) is 0 Å². The van der Waals surface area contributed by atoms with Crippen LogP contribution in [0.4, 0.5) is 9.59 Å². The number of nitrogens with zero attached hydrogens (tertiary/aromatic N) is 2. The topological polar surface area (TPSA) is 86.7 Å². The molecule has 1 radical (unpaired) electrons. The summed E-state index contributed by atoms with van der Waals surface area (Å²) in [4.78, 5) is 23.4. The van der Waals surface area contributed by atoms with Gasteiger partial charge in [0.05, 0.1) is 0 Å². The van der Waals surface area contributed by atoms with Crippen LogP contribution in [0.1, 0.15) is 26.7 Å². The molecule has 0 heterocycles. The van der Waals surface area contributed by atoms with Gasteiger partial charge in [-0.05, 0) is 58.7 Å². The number of hydrogen-bond acceptors (Lipinski definition) is 8. The molecule has 0 saturated heterocycles. The fourth-order valence-electron chi connectivity index (χ4n) is 1.85. The van der Waals surface area contributed by atoms with Gasteiger partial charge in [0.1, 0.15) is 12.2 Å². The van der Waals surface area contributed by atoms with E-state index in [-0.39, 0.29) is 17.1 Å². The summed E-state index contributed by atoms with van der Waals surface area (Å²) >= 11 is 0. The van der Waals surface area contributed by atoms with Crippen LogP contribution in [0.2, 0.25) is 0 Å². The third-order valence-corrected chi connectivity index (χ3v) is 7.98. The molecule has 0 aliphatic heterocycles. The fourth-order valence-corrected chi connectivity index (χ4v) is 5.91. The van der Waals surface area contributed by atoms with Crippen LogP contribution in [0.3, 0.4) is 0 Å². The number of hydrogen-bond donors (Lipinski definition) is 0. The average molecular weight is 548 g/mol. The molecule has 0 N–H and O–H groups in total. The van der Waals surface area contributed by atoms with Gasteiger partial charge in [0, 0.05) is 44.8 Å². The standard InChI is InChI=1S/2C10H13NO2S2.Cu/c2*1-2-8-11(10(12)13)15-14-9-6-4-3-5-7-9;/h2*3-7H,2,8H2,1H3,(H,12,13);/q;;+2/p-2. The van der Waals surface area contributed by atoms with Crippen LogP contribution >= 0.6 is 43.5 Å². The first kappa shape index (κ1) is 29.9. The minimum absolute atomic E-state index is 0. The third-order valence-electron chi connectivity index (χ3n) is 3.19. The number of carbonyl (C=O) groups is 2. The summed E-state index contributed by atoms with van der Waals surface area (Å²) in [5.41, 5.74) is 0. The summed E-state index contributed by atoms with van der Waals surface area (Å²) in [5.74, 6) is 0. The normalized spacial score (nSPS) is 9.61. The first-order chi connectivity index (χ1) is 14.5. The first-order valence-electron chi connectivity index (χ1n) is 9.24. The molecule has 0 saturated carbocycles. The predicted octanol–water partition coefficient (Wildman–Crippen LogP) is 4.79. The van der Waals surface area contributed by atoms with Crippen molar-refractivity contribution in [1.82, 2.24) is 8.61 Å². The van der Waals surface area contributed by atoms with Crippen molar-refractivity contribution in [2.75, 3.05) is 13.1 Å². The van der Waals surface area contributed by atoms with Gasteiger partial charge in [-0.3, -0.25) is 8.61 Å². The van der Waals surface area contributed by atoms with Gasteiger partial charge in [-0.2, -0.15) is 0 Å². The van der Waals surface area contributed by atoms with E-state index in [4.69, 9.17) is 0 Å². The van der Waals surface area contributed by atoms with E-state index < -0.39 is 12.2 Å². The maximum Gasteiger partial charge on any atom is 2.00 e. The Balaban J connectivity index is 0.000000562. The summed E-state index contributed by atoms with van der Waals surface area (Å²) in [6.45, 7) is 4.85. The van der Waals surface area contributed by atoms with Crippen LogP contribution < -0.4 is 10.2 Å². The Kier molecular flexibility index (Phi) is 17.8. The smallest absolute Gasteiger partial charge is 0.529 e. The summed E-state index contributed by atoms with van der Waals surface area (Å²) in [7, 11) is 5.23. The van der Waals surface area contributed by atoms with Crippen molar-refractivity contribution in [2.45, 2.75) is 36.5 Å². The monoisotopic (exact) mass is 547 g/mol. The zero-order valence-electron chi connectivity index (χ0n) is 17.1. The van der Waals surface area contributed by atoms with Gasteiger partial charge in [-0.1, -0.05) is 50.2 Å². The summed E-state index contributed by atoms with van der Waals surface area (Å²) in [5, 5.41) is 21.4. The zero-order valence-corrected chi connectivity index (χ0v) is 21.3. The van der Waals surface area contributed by atoms with Gasteiger partial charge in [0.2, 0.25) is 0 Å². The molecular weight excluding hydrogens is 524 g/mol. The van der Waals surface area contributed by atoms with Crippen LogP contribution in [-0.4, -0.2) is 33.9 Å². The van der Waals surface area contributed by atoms with Gasteiger partial charge in [-0.25, -0.2) is 0 Å². The predicted molar refractivity (Wildman–Crippen MR) is 125 cm³/mol. The van der Waals surface area contributed by atoms with E-state index >= 15 is 0 Å². The molecule has 0 aromatic heterocycles. The Labute approximate surface area is 210 Å². The van der Waals surface area contributed by atoms with E-state index in [9.17, 15) is 19.8 Å².